The highest BCUT2D eigenvalue weighted by atomic mass is 16.4. The number of aryl methyl sites for hydroxylation is 1. The van der Waals surface area contributed by atoms with Crippen molar-refractivity contribution in [3.05, 3.63) is 29.3 Å². The molecule has 0 spiro atoms. The molecular weight excluding hydrogens is 190 g/mol. The number of benzene rings is 1. The fourth-order valence-corrected chi connectivity index (χ4v) is 1.94. The van der Waals surface area contributed by atoms with Gasteiger partial charge in [0.05, 0.1) is 11.3 Å². The minimum absolute atomic E-state index is 0.407. The van der Waals surface area contributed by atoms with E-state index in [2.05, 4.69) is 4.90 Å². The van der Waals surface area contributed by atoms with Crippen molar-refractivity contribution in [2.75, 3.05) is 11.9 Å². The van der Waals surface area contributed by atoms with Crippen LogP contribution in [0.5, 0.6) is 0 Å². The molecule has 0 saturated heterocycles. The van der Waals surface area contributed by atoms with Gasteiger partial charge >= 0.3 is 5.97 Å². The van der Waals surface area contributed by atoms with Crippen molar-refractivity contribution in [1.82, 2.24) is 0 Å². The van der Waals surface area contributed by atoms with E-state index in [1.54, 1.807) is 12.1 Å². The van der Waals surface area contributed by atoms with Crippen LogP contribution < -0.4 is 4.90 Å². The van der Waals surface area contributed by atoms with E-state index in [1.807, 2.05) is 20.0 Å². The molecule has 0 radical (unpaired) electrons. The van der Waals surface area contributed by atoms with Crippen molar-refractivity contribution in [2.24, 2.45) is 0 Å². The first kappa shape index (κ1) is 10.0. The molecule has 3 nitrogen and oxygen atoms in total. The standard InChI is InChI=1S/C12H15NO2/c1-8-4-3-5-10(12(14)15)11(8)13(2)9-6-7-9/h3-5,9H,6-7H2,1-2H3,(H,14,15). The third kappa shape index (κ3) is 1.82. The summed E-state index contributed by atoms with van der Waals surface area (Å²) in [4.78, 5) is 13.2. The number of hydrogen-bond donors (Lipinski definition) is 1. The average Bonchev–Trinajstić information content (AvgIpc) is 2.99. The molecule has 3 heteroatoms. The first-order valence-corrected chi connectivity index (χ1v) is 5.17. The molecule has 0 amide bonds. The molecule has 1 fully saturated rings. The highest BCUT2D eigenvalue weighted by Gasteiger charge is 2.29. The van der Waals surface area contributed by atoms with Crippen LogP contribution in [-0.4, -0.2) is 24.2 Å². The molecule has 2 rings (SSSR count). The Labute approximate surface area is 89.3 Å². The highest BCUT2D eigenvalue weighted by Crippen LogP contribution is 2.34. The van der Waals surface area contributed by atoms with Gasteiger partial charge in [-0.05, 0) is 31.4 Å². The number of para-hydroxylation sites is 1. The fraction of sp³-hybridized carbons (Fsp3) is 0.417. The molecule has 0 aliphatic heterocycles. The van der Waals surface area contributed by atoms with Gasteiger partial charge in [0.1, 0.15) is 0 Å². The van der Waals surface area contributed by atoms with Crippen molar-refractivity contribution in [3.8, 4) is 0 Å². The van der Waals surface area contributed by atoms with Crippen LogP contribution in [-0.2, 0) is 0 Å². The zero-order valence-electron chi connectivity index (χ0n) is 9.03. The van der Waals surface area contributed by atoms with Crippen LogP contribution in [0.3, 0.4) is 0 Å². The average molecular weight is 205 g/mol. The summed E-state index contributed by atoms with van der Waals surface area (Å²) in [5, 5.41) is 9.11. The smallest absolute Gasteiger partial charge is 0.337 e. The quantitative estimate of drug-likeness (QED) is 0.823. The number of carbonyl (C=O) groups is 1. The molecule has 0 aromatic heterocycles. The van der Waals surface area contributed by atoms with Gasteiger partial charge in [0, 0.05) is 13.1 Å². The number of aromatic carboxylic acids is 1. The van der Waals surface area contributed by atoms with Gasteiger partial charge in [0.25, 0.3) is 0 Å². The Bertz CT molecular complexity index is 397. The zero-order valence-corrected chi connectivity index (χ0v) is 9.03. The van der Waals surface area contributed by atoms with E-state index >= 15 is 0 Å². The van der Waals surface area contributed by atoms with Crippen molar-refractivity contribution in [1.29, 1.82) is 0 Å². The van der Waals surface area contributed by atoms with E-state index in [1.165, 1.54) is 12.8 Å². The van der Waals surface area contributed by atoms with E-state index in [-0.39, 0.29) is 0 Å². The number of anilines is 1. The maximum Gasteiger partial charge on any atom is 0.337 e. The Morgan fingerprint density at radius 3 is 2.67 bits per heavy atom. The topological polar surface area (TPSA) is 40.5 Å². The summed E-state index contributed by atoms with van der Waals surface area (Å²) in [6.07, 6.45) is 2.34. The molecule has 0 bridgehead atoms. The minimum Gasteiger partial charge on any atom is -0.478 e. The molecule has 80 valence electrons. The number of rotatable bonds is 3. The maximum atomic E-state index is 11.1. The molecule has 1 aliphatic rings. The third-order valence-corrected chi connectivity index (χ3v) is 2.92. The predicted octanol–water partition coefficient (Wildman–Crippen LogP) is 2.29. The molecule has 1 aliphatic carbocycles. The summed E-state index contributed by atoms with van der Waals surface area (Å²) < 4.78 is 0. The van der Waals surface area contributed by atoms with E-state index in [0.29, 0.717) is 11.6 Å². The van der Waals surface area contributed by atoms with Gasteiger partial charge in [-0.1, -0.05) is 12.1 Å². The molecule has 1 N–H and O–H groups in total. The Morgan fingerprint density at radius 2 is 2.13 bits per heavy atom. The highest BCUT2D eigenvalue weighted by molar-refractivity contribution is 5.95. The Kier molecular flexibility index (Phi) is 2.39. The monoisotopic (exact) mass is 205 g/mol. The van der Waals surface area contributed by atoms with Crippen molar-refractivity contribution >= 4 is 11.7 Å². The first-order chi connectivity index (χ1) is 7.11. The largest absolute Gasteiger partial charge is 0.478 e. The lowest BCUT2D eigenvalue weighted by Gasteiger charge is -2.22. The Hall–Kier alpha value is -1.51. The van der Waals surface area contributed by atoms with Gasteiger partial charge in [-0.25, -0.2) is 4.79 Å². The second-order valence-electron chi connectivity index (χ2n) is 4.12. The predicted molar refractivity (Wildman–Crippen MR) is 59.6 cm³/mol. The summed E-state index contributed by atoms with van der Waals surface area (Å²) in [6.45, 7) is 1.96. The van der Waals surface area contributed by atoms with Crippen LogP contribution in [0.2, 0.25) is 0 Å². The van der Waals surface area contributed by atoms with Crippen molar-refractivity contribution < 1.29 is 9.90 Å². The number of carboxylic acids is 1. The Balaban J connectivity index is 2.46. The number of carboxylic acid groups (broad SMARTS) is 1. The van der Waals surface area contributed by atoms with Crippen LogP contribution in [0, 0.1) is 6.92 Å². The number of hydrogen-bond acceptors (Lipinski definition) is 2. The second kappa shape index (κ2) is 3.57. The molecule has 0 heterocycles. The van der Waals surface area contributed by atoms with Crippen molar-refractivity contribution in [2.45, 2.75) is 25.8 Å². The van der Waals surface area contributed by atoms with E-state index in [9.17, 15) is 4.79 Å². The molecule has 1 aromatic carbocycles. The minimum atomic E-state index is -0.846. The molecule has 0 unspecified atom stereocenters. The maximum absolute atomic E-state index is 11.1. The summed E-state index contributed by atoms with van der Waals surface area (Å²) >= 11 is 0. The Morgan fingerprint density at radius 1 is 1.47 bits per heavy atom. The molecule has 1 aromatic rings. The van der Waals surface area contributed by atoms with Crippen LogP contribution in [0.15, 0.2) is 18.2 Å². The van der Waals surface area contributed by atoms with Crippen LogP contribution in [0.25, 0.3) is 0 Å². The summed E-state index contributed by atoms with van der Waals surface area (Å²) in [6, 6.07) is 5.96. The van der Waals surface area contributed by atoms with Gasteiger partial charge in [-0.2, -0.15) is 0 Å². The van der Waals surface area contributed by atoms with E-state index in [4.69, 9.17) is 5.11 Å². The van der Waals surface area contributed by atoms with Gasteiger partial charge in [0.2, 0.25) is 0 Å². The van der Waals surface area contributed by atoms with Crippen LogP contribution in [0.1, 0.15) is 28.8 Å². The fourth-order valence-electron chi connectivity index (χ4n) is 1.94. The second-order valence-corrected chi connectivity index (χ2v) is 4.12. The van der Waals surface area contributed by atoms with Crippen molar-refractivity contribution in [3.63, 3.8) is 0 Å². The SMILES string of the molecule is Cc1cccc(C(=O)O)c1N(C)C1CC1. The summed E-state index contributed by atoms with van der Waals surface area (Å²) in [7, 11) is 1.98. The normalized spacial score (nSPS) is 15.1. The molecule has 0 atom stereocenters. The number of nitrogens with zero attached hydrogens (tertiary/aromatic N) is 1. The van der Waals surface area contributed by atoms with Gasteiger partial charge < -0.3 is 10.0 Å². The lowest BCUT2D eigenvalue weighted by molar-refractivity contribution is 0.0697. The van der Waals surface area contributed by atoms with E-state index < -0.39 is 5.97 Å². The molecule has 15 heavy (non-hydrogen) atoms. The first-order valence-electron chi connectivity index (χ1n) is 5.17. The van der Waals surface area contributed by atoms with Gasteiger partial charge in [0.15, 0.2) is 0 Å². The lowest BCUT2D eigenvalue weighted by Crippen LogP contribution is -2.23. The van der Waals surface area contributed by atoms with Gasteiger partial charge in [-0.15, -0.1) is 0 Å². The molecular formula is C12H15NO2. The van der Waals surface area contributed by atoms with Crippen LogP contribution in [0.4, 0.5) is 5.69 Å². The lowest BCUT2D eigenvalue weighted by atomic mass is 10.1. The third-order valence-electron chi connectivity index (χ3n) is 2.92. The zero-order chi connectivity index (χ0) is 11.0. The molecule has 1 saturated carbocycles. The summed E-state index contributed by atoms with van der Waals surface area (Å²) in [5.74, 6) is -0.846. The summed E-state index contributed by atoms with van der Waals surface area (Å²) in [5.41, 5.74) is 2.31. The van der Waals surface area contributed by atoms with E-state index in [0.717, 1.165) is 11.3 Å². The van der Waals surface area contributed by atoms with Crippen LogP contribution >= 0.6 is 0 Å². The van der Waals surface area contributed by atoms with Gasteiger partial charge in [-0.3, -0.25) is 0 Å².